The van der Waals surface area contributed by atoms with E-state index in [9.17, 15) is 0 Å². The SMILES string of the molecule is N1PNPNP1.Nc1cccc2ccccc12. The van der Waals surface area contributed by atoms with Gasteiger partial charge >= 0.3 is 0 Å². The van der Waals surface area contributed by atoms with Crippen LogP contribution in [0.1, 0.15) is 0 Å². The molecule has 1 heterocycles. The first kappa shape index (κ1) is 13.1. The lowest BCUT2D eigenvalue weighted by Gasteiger charge is -2.12. The average molecular weight is 284 g/mol. The van der Waals surface area contributed by atoms with Gasteiger partial charge in [0.25, 0.3) is 0 Å². The highest BCUT2D eigenvalue weighted by Gasteiger charge is 1.92. The smallest absolute Gasteiger partial charge is 0.0393 e. The van der Waals surface area contributed by atoms with Crippen molar-refractivity contribution in [2.75, 3.05) is 5.73 Å². The van der Waals surface area contributed by atoms with Gasteiger partial charge in [0.1, 0.15) is 0 Å². The van der Waals surface area contributed by atoms with Crippen LogP contribution in [0.3, 0.4) is 0 Å². The summed E-state index contributed by atoms with van der Waals surface area (Å²) in [4.78, 5) is 9.38. The Balaban J connectivity index is 0.000000153. The Kier molecular flexibility index (Phi) is 5.54. The van der Waals surface area contributed by atoms with Crippen LogP contribution in [-0.2, 0) is 0 Å². The van der Waals surface area contributed by atoms with Gasteiger partial charge in [-0.2, -0.15) is 0 Å². The van der Waals surface area contributed by atoms with Gasteiger partial charge in [-0.3, -0.25) is 14.6 Å². The minimum atomic E-state index is 0.764. The second-order valence-electron chi connectivity index (χ2n) is 3.32. The van der Waals surface area contributed by atoms with E-state index < -0.39 is 0 Å². The van der Waals surface area contributed by atoms with Gasteiger partial charge in [-0.05, 0) is 11.5 Å². The maximum absolute atomic E-state index is 5.76. The molecule has 2 aromatic carbocycles. The summed E-state index contributed by atoms with van der Waals surface area (Å²) in [6, 6.07) is 14.1. The Labute approximate surface area is 106 Å². The van der Waals surface area contributed by atoms with Crippen molar-refractivity contribution < 1.29 is 0 Å². The molecule has 1 aliphatic heterocycles. The van der Waals surface area contributed by atoms with Crippen LogP contribution in [-0.4, -0.2) is 0 Å². The lowest BCUT2D eigenvalue weighted by Crippen LogP contribution is -2.07. The van der Waals surface area contributed by atoms with E-state index in [2.05, 4.69) is 26.7 Å². The summed E-state index contributed by atoms with van der Waals surface area (Å²) in [6.07, 6.45) is 0. The van der Waals surface area contributed by atoms with Crippen LogP contribution >= 0.6 is 26.6 Å². The Morgan fingerprint density at radius 2 is 1.35 bits per heavy atom. The van der Waals surface area contributed by atoms with Crippen molar-refractivity contribution in [3.8, 4) is 0 Å². The van der Waals surface area contributed by atoms with Crippen molar-refractivity contribution in [3.05, 3.63) is 42.5 Å². The molecule has 0 spiro atoms. The molecule has 0 bridgehead atoms. The molecule has 17 heavy (non-hydrogen) atoms. The van der Waals surface area contributed by atoms with E-state index in [1.807, 2.05) is 30.3 Å². The third kappa shape index (κ3) is 4.12. The van der Waals surface area contributed by atoms with Crippen LogP contribution < -0.4 is 20.3 Å². The first-order chi connectivity index (χ1) is 8.38. The van der Waals surface area contributed by atoms with E-state index in [0.717, 1.165) is 37.7 Å². The molecule has 7 heteroatoms. The minimum absolute atomic E-state index is 0.764. The number of nitrogens with two attached hydrogens (primary N) is 1. The maximum atomic E-state index is 5.76. The fourth-order valence-corrected chi connectivity index (χ4v) is 4.63. The summed E-state index contributed by atoms with van der Waals surface area (Å²) < 4.78 is 0. The molecule has 0 aromatic heterocycles. The summed E-state index contributed by atoms with van der Waals surface area (Å²) >= 11 is 0. The summed E-state index contributed by atoms with van der Waals surface area (Å²) in [5.41, 5.74) is 6.61. The fraction of sp³-hybridized carbons (Fsp3) is 0. The molecule has 0 radical (unpaired) electrons. The summed E-state index contributed by atoms with van der Waals surface area (Å²) in [5, 5.41) is 2.34. The standard InChI is InChI=1S/C10H9N.H6N3P3/c11-10-7-3-5-8-4-1-2-6-9(8)10;1-4-2-6-3-5-1/h1-7H,11H2;1-6H. The van der Waals surface area contributed by atoms with Crippen LogP contribution in [0.25, 0.3) is 10.8 Å². The Hall–Kier alpha value is -0.330. The van der Waals surface area contributed by atoms with Gasteiger partial charge in [0.2, 0.25) is 0 Å². The molecule has 0 atom stereocenters. The highest BCUT2D eigenvalue weighted by Crippen LogP contribution is 2.23. The predicted octanol–water partition coefficient (Wildman–Crippen LogP) is 2.72. The van der Waals surface area contributed by atoms with Gasteiger partial charge in [-0.15, -0.1) is 0 Å². The zero-order chi connectivity index (χ0) is 11.9. The topological polar surface area (TPSA) is 62.1 Å². The van der Waals surface area contributed by atoms with Crippen molar-refractivity contribution in [1.82, 2.24) is 14.6 Å². The molecule has 0 unspecified atom stereocenters. The molecule has 2 aromatic rings. The fourth-order valence-electron chi connectivity index (χ4n) is 1.44. The molecular formula is C10H15N4P3. The number of hydrogen-bond acceptors (Lipinski definition) is 4. The van der Waals surface area contributed by atoms with Gasteiger partial charge in [0.15, 0.2) is 0 Å². The van der Waals surface area contributed by atoms with E-state index in [0.29, 0.717) is 0 Å². The lowest BCUT2D eigenvalue weighted by molar-refractivity contribution is 1.44. The van der Waals surface area contributed by atoms with Crippen LogP contribution in [0.5, 0.6) is 0 Å². The molecule has 0 aliphatic carbocycles. The van der Waals surface area contributed by atoms with E-state index in [1.165, 1.54) is 5.39 Å². The van der Waals surface area contributed by atoms with E-state index in [-0.39, 0.29) is 0 Å². The predicted molar refractivity (Wildman–Crippen MR) is 82.7 cm³/mol. The number of nitrogens with one attached hydrogen (secondary N) is 3. The molecule has 1 fully saturated rings. The molecule has 3 rings (SSSR count). The highest BCUT2D eigenvalue weighted by atomic mass is 31.2. The highest BCUT2D eigenvalue weighted by molar-refractivity contribution is 7.65. The first-order valence-electron chi connectivity index (χ1n) is 5.11. The normalized spacial score (nSPS) is 19.3. The van der Waals surface area contributed by atoms with Crippen molar-refractivity contribution in [2.24, 2.45) is 0 Å². The monoisotopic (exact) mass is 284 g/mol. The minimum Gasteiger partial charge on any atom is -0.398 e. The molecule has 0 saturated carbocycles. The third-order valence-corrected chi connectivity index (χ3v) is 5.20. The van der Waals surface area contributed by atoms with Gasteiger partial charge in [-0.25, -0.2) is 0 Å². The van der Waals surface area contributed by atoms with Crippen molar-refractivity contribution in [2.45, 2.75) is 0 Å². The summed E-state index contributed by atoms with van der Waals surface area (Å²) in [5.74, 6) is 0. The number of nitrogen functional groups attached to an aromatic ring is 1. The molecule has 4 nitrogen and oxygen atoms in total. The number of anilines is 1. The zero-order valence-electron chi connectivity index (χ0n) is 9.12. The second-order valence-corrected chi connectivity index (χ2v) is 7.07. The van der Waals surface area contributed by atoms with E-state index >= 15 is 0 Å². The van der Waals surface area contributed by atoms with Crippen LogP contribution in [0.4, 0.5) is 5.69 Å². The van der Waals surface area contributed by atoms with Crippen molar-refractivity contribution in [1.29, 1.82) is 0 Å². The number of rotatable bonds is 0. The first-order valence-corrected chi connectivity index (χ1v) is 8.11. The number of hydrogen-bond donors (Lipinski definition) is 4. The van der Waals surface area contributed by atoms with Gasteiger partial charge < -0.3 is 5.73 Å². The quantitative estimate of drug-likeness (QED) is 0.444. The van der Waals surface area contributed by atoms with Crippen molar-refractivity contribution >= 4 is 43.1 Å². The largest absolute Gasteiger partial charge is 0.398 e. The zero-order valence-corrected chi connectivity index (χ0v) is 12.1. The Morgan fingerprint density at radius 1 is 0.765 bits per heavy atom. The van der Waals surface area contributed by atoms with Gasteiger partial charge in [-0.1, -0.05) is 36.4 Å². The van der Waals surface area contributed by atoms with E-state index in [1.54, 1.807) is 0 Å². The average Bonchev–Trinajstić information content (AvgIpc) is 2.42. The van der Waals surface area contributed by atoms with Crippen molar-refractivity contribution in [3.63, 3.8) is 0 Å². The molecule has 5 N–H and O–H groups in total. The Morgan fingerprint density at radius 3 is 1.94 bits per heavy atom. The van der Waals surface area contributed by atoms with Crippen LogP contribution in [0.15, 0.2) is 42.5 Å². The molecule has 0 amide bonds. The number of fused-ring (bicyclic) bond motifs is 1. The molecule has 1 saturated heterocycles. The second kappa shape index (κ2) is 7.18. The van der Waals surface area contributed by atoms with Gasteiger partial charge in [0, 0.05) is 37.7 Å². The number of benzene rings is 2. The van der Waals surface area contributed by atoms with Gasteiger partial charge in [0.05, 0.1) is 0 Å². The Bertz CT molecular complexity index is 459. The molecule has 90 valence electrons. The van der Waals surface area contributed by atoms with Crippen LogP contribution in [0.2, 0.25) is 0 Å². The molecular weight excluding hydrogens is 269 g/mol. The summed E-state index contributed by atoms with van der Waals surface area (Å²) in [7, 11) is 2.29. The molecule has 1 aliphatic rings. The summed E-state index contributed by atoms with van der Waals surface area (Å²) in [6.45, 7) is 0. The maximum Gasteiger partial charge on any atom is 0.0393 e. The van der Waals surface area contributed by atoms with Crippen LogP contribution in [0, 0.1) is 0 Å². The lowest BCUT2D eigenvalue weighted by atomic mass is 10.1. The van der Waals surface area contributed by atoms with E-state index in [4.69, 9.17) is 5.73 Å². The third-order valence-electron chi connectivity index (χ3n) is 2.20.